The second-order valence-corrected chi connectivity index (χ2v) is 8.13. The van der Waals surface area contributed by atoms with Gasteiger partial charge < -0.3 is 18.2 Å². The highest BCUT2D eigenvalue weighted by Crippen LogP contribution is 2.18. The fourth-order valence-electron chi connectivity index (χ4n) is 2.14. The molecule has 0 aliphatic carbocycles. The molecule has 0 aliphatic rings. The molecule has 0 aliphatic heterocycles. The Hall–Kier alpha value is -2.32. The first-order valence-corrected chi connectivity index (χ1v) is 9.60. The van der Waals surface area contributed by atoms with E-state index < -0.39 is 15.4 Å². The number of nitrogens with zero attached hydrogens (tertiary/aromatic N) is 1. The molecule has 0 atom stereocenters. The largest absolute Gasteiger partial charge is 0.467 e. The fraction of sp³-hybridized carbons (Fsp3) is 0.389. The number of carbonyl (C=O) groups is 1. The second-order valence-electron chi connectivity index (χ2n) is 6.03. The Labute approximate surface area is 153 Å². The lowest BCUT2D eigenvalue weighted by Crippen LogP contribution is -2.32. The Morgan fingerprint density at radius 1 is 1.15 bits per heavy atom. The van der Waals surface area contributed by atoms with Gasteiger partial charge in [0.25, 0.3) is 0 Å². The zero-order valence-electron chi connectivity index (χ0n) is 15.0. The van der Waals surface area contributed by atoms with E-state index in [2.05, 4.69) is 0 Å². The van der Waals surface area contributed by atoms with Gasteiger partial charge in [0, 0.05) is 13.7 Å². The molecule has 8 heteroatoms. The number of benzene rings is 1. The maximum Gasteiger partial charge on any atom is 0.311 e. The van der Waals surface area contributed by atoms with Gasteiger partial charge in [-0.2, -0.15) is 8.42 Å². The summed E-state index contributed by atoms with van der Waals surface area (Å²) in [4.78, 5) is 13.9. The van der Waals surface area contributed by atoms with Crippen molar-refractivity contribution in [3.8, 4) is 5.75 Å². The third kappa shape index (κ3) is 5.60. The summed E-state index contributed by atoms with van der Waals surface area (Å²) in [6, 6.07) is 10.1. The van der Waals surface area contributed by atoms with Crippen LogP contribution in [0.1, 0.15) is 25.2 Å². The molecule has 0 fully saturated rings. The molecule has 1 aromatic heterocycles. The molecule has 0 radical (unpaired) electrons. The van der Waals surface area contributed by atoms with Crippen LogP contribution < -0.4 is 4.18 Å². The van der Waals surface area contributed by atoms with Crippen LogP contribution in [-0.2, 0) is 32.7 Å². The Kier molecular flexibility index (Phi) is 6.82. The second kappa shape index (κ2) is 8.86. The minimum atomic E-state index is -3.64. The topological polar surface area (TPSA) is 86.0 Å². The molecule has 2 rings (SSSR count). The standard InChI is InChI=1S/C18H23NO6S/c1-14(2)26(21,22)25-16-8-6-15(7-9-16)11-19(18(20)13-23-3)12-17-5-4-10-24-17/h4-10,14H,11-13H2,1-3H3. The summed E-state index contributed by atoms with van der Waals surface area (Å²) in [5, 5.41) is -0.627. The summed E-state index contributed by atoms with van der Waals surface area (Å²) in [5.41, 5.74) is 0.829. The molecule has 2 aromatic rings. The molecule has 142 valence electrons. The molecule has 1 aromatic carbocycles. The summed E-state index contributed by atoms with van der Waals surface area (Å²) in [6.45, 7) is 3.72. The maximum atomic E-state index is 12.3. The zero-order valence-corrected chi connectivity index (χ0v) is 15.9. The lowest BCUT2D eigenvalue weighted by atomic mass is 10.2. The van der Waals surface area contributed by atoms with E-state index in [0.717, 1.165) is 5.56 Å². The van der Waals surface area contributed by atoms with Gasteiger partial charge in [-0.1, -0.05) is 12.1 Å². The third-order valence-electron chi connectivity index (χ3n) is 3.63. The van der Waals surface area contributed by atoms with Crippen molar-refractivity contribution in [1.82, 2.24) is 4.90 Å². The third-order valence-corrected chi connectivity index (χ3v) is 5.21. The lowest BCUT2D eigenvalue weighted by molar-refractivity contribution is -0.136. The van der Waals surface area contributed by atoms with Crippen LogP contribution in [0, 0.1) is 0 Å². The van der Waals surface area contributed by atoms with E-state index in [1.807, 2.05) is 0 Å². The normalized spacial score (nSPS) is 11.5. The molecule has 1 heterocycles. The van der Waals surface area contributed by atoms with E-state index in [1.54, 1.807) is 61.4 Å². The van der Waals surface area contributed by atoms with Gasteiger partial charge in [0.05, 0.1) is 18.1 Å². The molecular weight excluding hydrogens is 358 g/mol. The molecule has 26 heavy (non-hydrogen) atoms. The Balaban J connectivity index is 2.09. The van der Waals surface area contributed by atoms with Gasteiger partial charge in [-0.05, 0) is 43.7 Å². The van der Waals surface area contributed by atoms with Crippen molar-refractivity contribution in [2.45, 2.75) is 32.2 Å². The van der Waals surface area contributed by atoms with Crippen LogP contribution in [0.2, 0.25) is 0 Å². The summed E-state index contributed by atoms with van der Waals surface area (Å²) >= 11 is 0. The van der Waals surface area contributed by atoms with E-state index in [9.17, 15) is 13.2 Å². The summed E-state index contributed by atoms with van der Waals surface area (Å²) < 4.78 is 38.9. The Morgan fingerprint density at radius 3 is 2.38 bits per heavy atom. The molecule has 0 saturated carbocycles. The number of rotatable bonds is 9. The molecule has 0 spiro atoms. The predicted octanol–water partition coefficient (Wildman–Crippen LogP) is 2.57. The van der Waals surface area contributed by atoms with E-state index >= 15 is 0 Å². The fourth-order valence-corrected chi connectivity index (χ4v) is 2.71. The van der Waals surface area contributed by atoms with E-state index in [-0.39, 0.29) is 18.3 Å². The van der Waals surface area contributed by atoms with Crippen LogP contribution in [0.5, 0.6) is 5.75 Å². The molecule has 7 nitrogen and oxygen atoms in total. The number of methoxy groups -OCH3 is 1. The van der Waals surface area contributed by atoms with Crippen molar-refractivity contribution in [3.63, 3.8) is 0 Å². The highest BCUT2D eigenvalue weighted by atomic mass is 32.2. The van der Waals surface area contributed by atoms with Crippen LogP contribution in [0.4, 0.5) is 0 Å². The number of hydrogen-bond donors (Lipinski definition) is 0. The SMILES string of the molecule is COCC(=O)N(Cc1ccc(OS(=O)(=O)C(C)C)cc1)Cc1ccco1. The van der Waals surface area contributed by atoms with Crippen LogP contribution in [0.25, 0.3) is 0 Å². The summed E-state index contributed by atoms with van der Waals surface area (Å²) in [7, 11) is -2.17. The molecule has 0 bridgehead atoms. The van der Waals surface area contributed by atoms with Gasteiger partial charge in [-0.15, -0.1) is 0 Å². The quantitative estimate of drug-likeness (QED) is 0.621. The Bertz CT molecular complexity index is 797. The number of hydrogen-bond acceptors (Lipinski definition) is 6. The molecule has 0 N–H and O–H groups in total. The maximum absolute atomic E-state index is 12.3. The monoisotopic (exact) mass is 381 g/mol. The first kappa shape index (κ1) is 20.0. The van der Waals surface area contributed by atoms with Crippen molar-refractivity contribution in [2.24, 2.45) is 0 Å². The lowest BCUT2D eigenvalue weighted by Gasteiger charge is -2.21. The minimum absolute atomic E-state index is 0.0332. The number of furan rings is 1. The first-order chi connectivity index (χ1) is 12.3. The van der Waals surface area contributed by atoms with Gasteiger partial charge >= 0.3 is 10.1 Å². The van der Waals surface area contributed by atoms with Crippen molar-refractivity contribution < 1.29 is 26.5 Å². The van der Waals surface area contributed by atoms with Crippen LogP contribution in [-0.4, -0.2) is 38.2 Å². The first-order valence-electron chi connectivity index (χ1n) is 8.13. The van der Waals surface area contributed by atoms with E-state index in [4.69, 9.17) is 13.3 Å². The van der Waals surface area contributed by atoms with Crippen molar-refractivity contribution >= 4 is 16.0 Å². The average molecular weight is 381 g/mol. The number of amides is 1. The number of carbonyl (C=O) groups excluding carboxylic acids is 1. The highest BCUT2D eigenvalue weighted by molar-refractivity contribution is 7.87. The van der Waals surface area contributed by atoms with Gasteiger partial charge in [0.1, 0.15) is 18.1 Å². The van der Waals surface area contributed by atoms with E-state index in [1.165, 1.54) is 7.11 Å². The van der Waals surface area contributed by atoms with Crippen molar-refractivity contribution in [1.29, 1.82) is 0 Å². The summed E-state index contributed by atoms with van der Waals surface area (Å²) in [5.74, 6) is 0.729. The predicted molar refractivity (Wildman–Crippen MR) is 96.0 cm³/mol. The van der Waals surface area contributed by atoms with E-state index in [0.29, 0.717) is 18.8 Å². The smallest absolute Gasteiger partial charge is 0.311 e. The van der Waals surface area contributed by atoms with Crippen molar-refractivity contribution in [2.75, 3.05) is 13.7 Å². The Morgan fingerprint density at radius 2 is 1.85 bits per heavy atom. The average Bonchev–Trinajstić information content (AvgIpc) is 3.09. The van der Waals surface area contributed by atoms with Crippen LogP contribution in [0.3, 0.4) is 0 Å². The van der Waals surface area contributed by atoms with Gasteiger partial charge in [-0.25, -0.2) is 0 Å². The molecule has 1 amide bonds. The zero-order chi connectivity index (χ0) is 19.2. The number of ether oxygens (including phenoxy) is 1. The molecule has 0 unspecified atom stereocenters. The molecule has 0 saturated heterocycles. The molecular formula is C18H23NO6S. The van der Waals surface area contributed by atoms with Crippen LogP contribution >= 0.6 is 0 Å². The van der Waals surface area contributed by atoms with Gasteiger partial charge in [0.2, 0.25) is 5.91 Å². The van der Waals surface area contributed by atoms with Crippen molar-refractivity contribution in [3.05, 3.63) is 54.0 Å². The van der Waals surface area contributed by atoms with Crippen LogP contribution in [0.15, 0.2) is 47.1 Å². The van der Waals surface area contributed by atoms with Gasteiger partial charge in [-0.3, -0.25) is 4.79 Å². The minimum Gasteiger partial charge on any atom is -0.467 e. The summed E-state index contributed by atoms with van der Waals surface area (Å²) in [6.07, 6.45) is 1.55. The highest BCUT2D eigenvalue weighted by Gasteiger charge is 2.19. The van der Waals surface area contributed by atoms with Gasteiger partial charge in [0.15, 0.2) is 0 Å².